The van der Waals surface area contributed by atoms with Gasteiger partial charge in [0.1, 0.15) is 17.5 Å². The summed E-state index contributed by atoms with van der Waals surface area (Å²) in [5.41, 5.74) is 5.52. The molecule has 7 heteroatoms. The van der Waals surface area contributed by atoms with Crippen molar-refractivity contribution in [2.75, 3.05) is 6.54 Å². The first-order chi connectivity index (χ1) is 19.4. The molecule has 1 fully saturated rings. The minimum Gasteiger partial charge on any atom is -0.491 e. The molecule has 0 aliphatic carbocycles. The largest absolute Gasteiger partial charge is 0.491 e. The molecule has 5 rings (SSSR count). The second-order valence-electron chi connectivity index (χ2n) is 12.2. The number of hydrogen-bond donors (Lipinski definition) is 2. The quantitative estimate of drug-likeness (QED) is 0.241. The Balaban J connectivity index is 1.68. The van der Waals surface area contributed by atoms with Gasteiger partial charge in [-0.3, -0.25) is 9.69 Å². The summed E-state index contributed by atoms with van der Waals surface area (Å²) in [6.45, 7) is 11.3. The van der Waals surface area contributed by atoms with Gasteiger partial charge in [-0.25, -0.2) is 4.79 Å². The molecule has 0 saturated carbocycles. The lowest BCUT2D eigenvalue weighted by molar-refractivity contribution is -0.142. The molecule has 1 saturated heterocycles. The van der Waals surface area contributed by atoms with E-state index in [0.717, 1.165) is 28.5 Å². The minimum atomic E-state index is -1.05. The van der Waals surface area contributed by atoms with Crippen LogP contribution in [0.4, 0.5) is 0 Å². The van der Waals surface area contributed by atoms with E-state index in [-0.39, 0.29) is 23.8 Å². The Kier molecular flexibility index (Phi) is 7.66. The van der Waals surface area contributed by atoms with E-state index in [4.69, 9.17) is 4.74 Å². The van der Waals surface area contributed by atoms with Gasteiger partial charge in [-0.1, -0.05) is 51.1 Å². The van der Waals surface area contributed by atoms with Crippen molar-refractivity contribution in [1.82, 2.24) is 9.47 Å². The van der Waals surface area contributed by atoms with E-state index in [1.807, 2.05) is 61.2 Å². The Labute approximate surface area is 241 Å². The summed E-state index contributed by atoms with van der Waals surface area (Å²) in [6.07, 6.45) is 1.34. The van der Waals surface area contributed by atoms with Crippen molar-refractivity contribution in [3.63, 3.8) is 0 Å². The predicted octanol–water partition coefficient (Wildman–Crippen LogP) is 7.13. The Hall–Kier alpha value is -4.10. The molecule has 1 aromatic heterocycles. The van der Waals surface area contributed by atoms with Crippen LogP contribution in [0.5, 0.6) is 5.75 Å². The third-order valence-corrected chi connectivity index (χ3v) is 7.84. The van der Waals surface area contributed by atoms with Crippen LogP contribution in [0, 0.1) is 0 Å². The van der Waals surface area contributed by atoms with Crippen molar-refractivity contribution < 1.29 is 24.5 Å². The van der Waals surface area contributed by atoms with Crippen LogP contribution >= 0.6 is 0 Å². The molecule has 41 heavy (non-hydrogen) atoms. The maximum Gasteiger partial charge on any atom is 0.353 e. The maximum atomic E-state index is 12.9. The van der Waals surface area contributed by atoms with E-state index in [2.05, 4.69) is 45.0 Å². The van der Waals surface area contributed by atoms with Gasteiger partial charge in [0.2, 0.25) is 0 Å². The number of fused-ring (bicyclic) bond motifs is 1. The molecule has 1 aliphatic heterocycles. The highest BCUT2D eigenvalue weighted by Crippen LogP contribution is 2.36. The molecular formula is C34H38N2O5. The molecule has 7 nitrogen and oxygen atoms in total. The number of aromatic carboxylic acids is 1. The molecule has 0 spiro atoms. The maximum absolute atomic E-state index is 12.9. The van der Waals surface area contributed by atoms with E-state index in [9.17, 15) is 19.8 Å². The zero-order chi connectivity index (χ0) is 29.5. The SMILES string of the molecule is CC(C)Oc1ccc(-n2c(C(=O)O)c(CN3CCCC3C(=O)O)c3cc(-c4ccc(C(C)(C)C)cc4)ccc32)cc1. The first-order valence-corrected chi connectivity index (χ1v) is 14.2. The van der Waals surface area contributed by atoms with Crippen LogP contribution < -0.4 is 4.74 Å². The van der Waals surface area contributed by atoms with Gasteiger partial charge in [-0.05, 0) is 91.7 Å². The highest BCUT2D eigenvalue weighted by Gasteiger charge is 2.33. The second-order valence-corrected chi connectivity index (χ2v) is 12.2. The molecule has 0 bridgehead atoms. The fraction of sp³-hybridized carbons (Fsp3) is 0.353. The van der Waals surface area contributed by atoms with Gasteiger partial charge in [0.05, 0.1) is 11.6 Å². The van der Waals surface area contributed by atoms with E-state index < -0.39 is 18.0 Å². The number of carboxylic acid groups (broad SMARTS) is 2. The molecular weight excluding hydrogens is 516 g/mol. The molecule has 2 heterocycles. The smallest absolute Gasteiger partial charge is 0.353 e. The number of hydrogen-bond acceptors (Lipinski definition) is 4. The standard InChI is InChI=1S/C34H38N2O5/c1-21(2)41-26-15-13-25(14-16-26)36-29-17-10-23(22-8-11-24(12-9-22)34(3,4)5)19-27(29)28(31(36)33(39)40)20-35-18-6-7-30(35)32(37)38/h8-17,19,21,30H,6-7,18,20H2,1-5H3,(H,37,38)(H,39,40). The van der Waals surface area contributed by atoms with Gasteiger partial charge < -0.3 is 19.5 Å². The van der Waals surface area contributed by atoms with Crippen molar-refractivity contribution in [2.24, 2.45) is 0 Å². The van der Waals surface area contributed by atoms with E-state index in [1.165, 1.54) is 5.56 Å². The summed E-state index contributed by atoms with van der Waals surface area (Å²) >= 11 is 0. The average Bonchev–Trinajstić information content (AvgIpc) is 3.51. The van der Waals surface area contributed by atoms with E-state index >= 15 is 0 Å². The lowest BCUT2D eigenvalue weighted by Crippen LogP contribution is -2.35. The number of nitrogens with zero attached hydrogens (tertiary/aromatic N) is 2. The average molecular weight is 555 g/mol. The first kappa shape index (κ1) is 28.4. The van der Waals surface area contributed by atoms with Gasteiger partial charge >= 0.3 is 11.9 Å². The summed E-state index contributed by atoms with van der Waals surface area (Å²) in [6, 6.07) is 21.3. The number of carbonyl (C=O) groups is 2. The summed E-state index contributed by atoms with van der Waals surface area (Å²) in [5.74, 6) is -1.22. The highest BCUT2D eigenvalue weighted by molar-refractivity contribution is 6.01. The van der Waals surface area contributed by atoms with E-state index in [0.29, 0.717) is 30.0 Å². The van der Waals surface area contributed by atoms with Crippen LogP contribution in [0.1, 0.15) is 69.1 Å². The molecule has 2 N–H and O–H groups in total. The Morgan fingerprint density at radius 1 is 0.951 bits per heavy atom. The third-order valence-electron chi connectivity index (χ3n) is 7.84. The van der Waals surface area contributed by atoms with Crippen LogP contribution in [0.25, 0.3) is 27.7 Å². The highest BCUT2D eigenvalue weighted by atomic mass is 16.5. The van der Waals surface area contributed by atoms with Gasteiger partial charge in [-0.2, -0.15) is 0 Å². The number of aromatic nitrogens is 1. The summed E-state index contributed by atoms with van der Waals surface area (Å²) in [7, 11) is 0. The Morgan fingerprint density at radius 3 is 2.20 bits per heavy atom. The molecule has 214 valence electrons. The molecule has 4 aromatic rings. The topological polar surface area (TPSA) is 92.0 Å². The van der Waals surface area contributed by atoms with Gasteiger partial charge in [0, 0.05) is 23.2 Å². The van der Waals surface area contributed by atoms with Crippen molar-refractivity contribution in [3.05, 3.63) is 83.6 Å². The molecule has 0 amide bonds. The molecule has 3 aromatic carbocycles. The second kappa shape index (κ2) is 11.1. The Bertz CT molecular complexity index is 1580. The van der Waals surface area contributed by atoms with Crippen molar-refractivity contribution in [1.29, 1.82) is 0 Å². The van der Waals surface area contributed by atoms with Crippen LogP contribution in [-0.4, -0.2) is 50.3 Å². The van der Waals surface area contributed by atoms with Crippen LogP contribution in [-0.2, 0) is 16.8 Å². The van der Waals surface area contributed by atoms with E-state index in [1.54, 1.807) is 4.57 Å². The fourth-order valence-electron chi connectivity index (χ4n) is 5.79. The lowest BCUT2D eigenvalue weighted by Gasteiger charge is -2.21. The summed E-state index contributed by atoms with van der Waals surface area (Å²) in [4.78, 5) is 26.8. The number of ether oxygens (including phenoxy) is 1. The third kappa shape index (κ3) is 5.72. The number of aliphatic carboxylic acids is 1. The Morgan fingerprint density at radius 2 is 1.61 bits per heavy atom. The molecule has 1 atom stereocenters. The van der Waals surface area contributed by atoms with Gasteiger partial charge in [0.15, 0.2) is 0 Å². The monoisotopic (exact) mass is 554 g/mol. The lowest BCUT2D eigenvalue weighted by atomic mass is 9.86. The van der Waals surface area contributed by atoms with Crippen molar-refractivity contribution >= 4 is 22.8 Å². The number of benzene rings is 3. The minimum absolute atomic E-state index is 0.0213. The molecule has 1 unspecified atom stereocenters. The fourth-order valence-corrected chi connectivity index (χ4v) is 5.79. The zero-order valence-corrected chi connectivity index (χ0v) is 24.3. The van der Waals surface area contributed by atoms with Gasteiger partial charge in [0.25, 0.3) is 0 Å². The number of carboxylic acids is 2. The number of rotatable bonds is 8. The normalized spacial score (nSPS) is 16.0. The van der Waals surface area contributed by atoms with Crippen molar-refractivity contribution in [3.8, 4) is 22.6 Å². The summed E-state index contributed by atoms with van der Waals surface area (Å²) in [5, 5.41) is 21.2. The van der Waals surface area contributed by atoms with Crippen LogP contribution in [0.3, 0.4) is 0 Å². The molecule has 1 aliphatic rings. The first-order valence-electron chi connectivity index (χ1n) is 14.2. The zero-order valence-electron chi connectivity index (χ0n) is 24.3. The number of likely N-dealkylation sites (tertiary alicyclic amines) is 1. The van der Waals surface area contributed by atoms with Gasteiger partial charge in [-0.15, -0.1) is 0 Å². The van der Waals surface area contributed by atoms with Crippen LogP contribution in [0.15, 0.2) is 66.7 Å². The van der Waals surface area contributed by atoms with Crippen LogP contribution in [0.2, 0.25) is 0 Å². The summed E-state index contributed by atoms with van der Waals surface area (Å²) < 4.78 is 7.57. The van der Waals surface area contributed by atoms with Crippen molar-refractivity contribution in [2.45, 2.75) is 71.6 Å². The molecule has 0 radical (unpaired) electrons. The predicted molar refractivity (Wildman–Crippen MR) is 161 cm³/mol.